The van der Waals surface area contributed by atoms with Gasteiger partial charge in [0.25, 0.3) is 0 Å². The minimum Gasteiger partial charge on any atom is -0.358 e. The summed E-state index contributed by atoms with van der Waals surface area (Å²) in [5.74, 6) is 0. The lowest BCUT2D eigenvalue weighted by atomic mass is 9.92. The first-order valence-corrected chi connectivity index (χ1v) is 6.14. The lowest BCUT2D eigenvalue weighted by molar-refractivity contribution is -0.137. The summed E-state index contributed by atoms with van der Waals surface area (Å²) in [5, 5.41) is 2.58. The van der Waals surface area contributed by atoms with Crippen LogP contribution in [0.3, 0.4) is 0 Å². The van der Waals surface area contributed by atoms with Crippen molar-refractivity contribution in [2.24, 2.45) is 5.41 Å². The summed E-state index contributed by atoms with van der Waals surface area (Å²) in [6.07, 6.45) is -3.96. The van der Waals surface area contributed by atoms with E-state index in [9.17, 15) is 13.2 Å². The molecule has 1 aromatic carbocycles. The zero-order valence-corrected chi connectivity index (χ0v) is 11.5. The maximum atomic E-state index is 12.7. The predicted octanol–water partition coefficient (Wildman–Crippen LogP) is 4.71. The average Bonchev–Trinajstić information content (AvgIpc) is 2.98. The van der Waals surface area contributed by atoms with Gasteiger partial charge in [-0.25, -0.2) is 0 Å². The molecule has 0 spiro atoms. The Hall–Kier alpha value is -0.940. The normalized spacial score (nSPS) is 20.5. The zero-order chi connectivity index (χ0) is 14.4. The van der Waals surface area contributed by atoms with E-state index < -0.39 is 11.7 Å². The second kappa shape index (κ2) is 4.56. The molecule has 1 heterocycles. The third-order valence-electron chi connectivity index (χ3n) is 2.73. The van der Waals surface area contributed by atoms with Crippen LogP contribution in [0.2, 0.25) is 5.02 Å². The SMILES string of the molecule is CC(C)(C)[C]1O[C@H]1Nc1ccc(Cl)c(C(F)(F)F)c1. The molecule has 0 aliphatic carbocycles. The second-order valence-electron chi connectivity index (χ2n) is 5.45. The Morgan fingerprint density at radius 1 is 1.21 bits per heavy atom. The number of hydrogen-bond donors (Lipinski definition) is 1. The van der Waals surface area contributed by atoms with Gasteiger partial charge in [0, 0.05) is 5.69 Å². The Kier molecular flexibility index (Phi) is 3.47. The highest BCUT2D eigenvalue weighted by molar-refractivity contribution is 6.31. The molecule has 1 fully saturated rings. The lowest BCUT2D eigenvalue weighted by Gasteiger charge is -2.14. The van der Waals surface area contributed by atoms with Gasteiger partial charge in [-0.2, -0.15) is 13.2 Å². The first-order chi connectivity index (χ1) is 8.59. The lowest BCUT2D eigenvalue weighted by Crippen LogP contribution is -2.14. The van der Waals surface area contributed by atoms with Crippen LogP contribution >= 0.6 is 11.6 Å². The van der Waals surface area contributed by atoms with Crippen LogP contribution in [-0.4, -0.2) is 6.23 Å². The van der Waals surface area contributed by atoms with Crippen LogP contribution in [0.25, 0.3) is 0 Å². The molecule has 2 nitrogen and oxygen atoms in total. The van der Waals surface area contributed by atoms with E-state index in [0.29, 0.717) is 5.69 Å². The van der Waals surface area contributed by atoms with Gasteiger partial charge in [0.15, 0.2) is 12.3 Å². The van der Waals surface area contributed by atoms with Crippen molar-refractivity contribution < 1.29 is 17.9 Å². The van der Waals surface area contributed by atoms with Gasteiger partial charge in [0.05, 0.1) is 10.6 Å². The van der Waals surface area contributed by atoms with Gasteiger partial charge in [0.1, 0.15) is 0 Å². The summed E-state index contributed by atoms with van der Waals surface area (Å²) < 4.78 is 43.4. The van der Waals surface area contributed by atoms with E-state index in [2.05, 4.69) is 5.32 Å². The van der Waals surface area contributed by atoms with Crippen molar-refractivity contribution >= 4 is 17.3 Å². The van der Waals surface area contributed by atoms with Gasteiger partial charge in [0.2, 0.25) is 0 Å². The van der Waals surface area contributed by atoms with Crippen molar-refractivity contribution in [1.29, 1.82) is 0 Å². The van der Waals surface area contributed by atoms with Crippen LogP contribution in [0.1, 0.15) is 26.3 Å². The van der Waals surface area contributed by atoms with Crippen molar-refractivity contribution in [3.63, 3.8) is 0 Å². The maximum absolute atomic E-state index is 12.7. The summed E-state index contributed by atoms with van der Waals surface area (Å²) >= 11 is 5.55. The van der Waals surface area contributed by atoms with E-state index in [-0.39, 0.29) is 16.7 Å². The molecule has 1 radical (unpaired) electrons. The highest BCUT2D eigenvalue weighted by Gasteiger charge is 2.49. The van der Waals surface area contributed by atoms with E-state index in [1.54, 1.807) is 0 Å². The average molecular weight is 293 g/mol. The fourth-order valence-corrected chi connectivity index (χ4v) is 1.97. The molecule has 1 aromatic rings. The molecule has 2 rings (SSSR count). The molecule has 0 aromatic heterocycles. The predicted molar refractivity (Wildman–Crippen MR) is 67.6 cm³/mol. The van der Waals surface area contributed by atoms with Crippen LogP contribution < -0.4 is 5.32 Å². The molecule has 0 bridgehead atoms. The minimum absolute atomic E-state index is 0.128. The van der Waals surface area contributed by atoms with Crippen molar-refractivity contribution in [1.82, 2.24) is 0 Å². The second-order valence-corrected chi connectivity index (χ2v) is 5.86. The molecule has 0 unspecified atom stereocenters. The Morgan fingerprint density at radius 3 is 2.32 bits per heavy atom. The van der Waals surface area contributed by atoms with E-state index in [0.717, 1.165) is 12.2 Å². The fraction of sp³-hybridized carbons (Fsp3) is 0.462. The molecule has 1 N–H and O–H groups in total. The molecule has 0 amide bonds. The fourth-order valence-electron chi connectivity index (χ4n) is 1.74. The number of hydrogen-bond acceptors (Lipinski definition) is 2. The number of ether oxygens (including phenoxy) is 1. The zero-order valence-electron chi connectivity index (χ0n) is 10.7. The molecule has 105 valence electrons. The number of epoxide rings is 1. The first-order valence-electron chi connectivity index (χ1n) is 5.76. The topological polar surface area (TPSA) is 24.6 Å². The summed E-state index contributed by atoms with van der Waals surface area (Å²) in [6.45, 7) is 5.94. The number of benzene rings is 1. The standard InChI is InChI=1S/C13H14ClF3NO/c1-12(2,3)10-11(19-10)18-7-4-5-9(14)8(6-7)13(15,16)17/h4-6,11,18H,1-3H3/t11-/m1/s1. The van der Waals surface area contributed by atoms with Crippen molar-refractivity contribution in [2.75, 3.05) is 5.32 Å². The van der Waals surface area contributed by atoms with Crippen molar-refractivity contribution in [3.05, 3.63) is 34.9 Å². The minimum atomic E-state index is -4.46. The smallest absolute Gasteiger partial charge is 0.358 e. The summed E-state index contributed by atoms with van der Waals surface area (Å²) in [7, 11) is 0. The van der Waals surface area contributed by atoms with Crippen LogP contribution in [0.15, 0.2) is 18.2 Å². The third kappa shape index (κ3) is 3.34. The quantitative estimate of drug-likeness (QED) is 0.799. The molecule has 0 saturated carbocycles. The van der Waals surface area contributed by atoms with Gasteiger partial charge in [-0.3, -0.25) is 0 Å². The molecule has 1 saturated heterocycles. The first kappa shape index (κ1) is 14.5. The van der Waals surface area contributed by atoms with E-state index in [4.69, 9.17) is 16.3 Å². The number of halogens is 4. The number of nitrogens with one attached hydrogen (secondary N) is 1. The van der Waals surface area contributed by atoms with E-state index >= 15 is 0 Å². The van der Waals surface area contributed by atoms with Crippen LogP contribution in [0.5, 0.6) is 0 Å². The van der Waals surface area contributed by atoms with Crippen molar-refractivity contribution in [2.45, 2.75) is 33.2 Å². The van der Waals surface area contributed by atoms with Gasteiger partial charge in [-0.05, 0) is 23.6 Å². The number of alkyl halides is 3. The maximum Gasteiger partial charge on any atom is 0.417 e. The molecule has 1 atom stereocenters. The van der Waals surface area contributed by atoms with E-state index in [1.807, 2.05) is 20.8 Å². The Balaban J connectivity index is 2.12. The Labute approximate surface area is 114 Å². The monoisotopic (exact) mass is 292 g/mol. The number of rotatable bonds is 2. The highest BCUT2D eigenvalue weighted by Crippen LogP contribution is 2.46. The number of anilines is 1. The van der Waals surface area contributed by atoms with Gasteiger partial charge in [-0.1, -0.05) is 32.4 Å². The Bertz CT molecular complexity index is 482. The molecule has 19 heavy (non-hydrogen) atoms. The highest BCUT2D eigenvalue weighted by atomic mass is 35.5. The largest absolute Gasteiger partial charge is 0.417 e. The molecule has 1 aliphatic rings. The van der Waals surface area contributed by atoms with Crippen LogP contribution in [0, 0.1) is 11.5 Å². The van der Waals surface area contributed by atoms with E-state index in [1.165, 1.54) is 12.1 Å². The van der Waals surface area contributed by atoms with Crippen molar-refractivity contribution in [3.8, 4) is 0 Å². The van der Waals surface area contributed by atoms with Gasteiger partial charge >= 0.3 is 6.18 Å². The molecular weight excluding hydrogens is 279 g/mol. The van der Waals surface area contributed by atoms with Gasteiger partial charge < -0.3 is 10.1 Å². The summed E-state index contributed by atoms with van der Waals surface area (Å²) in [6, 6.07) is 3.72. The Morgan fingerprint density at radius 2 is 1.84 bits per heavy atom. The third-order valence-corrected chi connectivity index (χ3v) is 3.06. The molecular formula is C13H14ClF3NO. The molecule has 1 aliphatic heterocycles. The van der Waals surface area contributed by atoms with Crippen LogP contribution in [-0.2, 0) is 10.9 Å². The summed E-state index contributed by atoms with van der Waals surface area (Å²) in [5.41, 5.74) is -0.644. The van der Waals surface area contributed by atoms with Crippen LogP contribution in [0.4, 0.5) is 18.9 Å². The molecule has 6 heteroatoms. The van der Waals surface area contributed by atoms with Gasteiger partial charge in [-0.15, -0.1) is 0 Å². The summed E-state index contributed by atoms with van der Waals surface area (Å²) in [4.78, 5) is 0.